The minimum absolute atomic E-state index is 0. The molecule has 0 saturated carbocycles. The fourth-order valence-corrected chi connectivity index (χ4v) is 3.71. The molecule has 0 spiro atoms. The fourth-order valence-electron chi connectivity index (χ4n) is 3.54. The number of nitrogens with zero attached hydrogens (tertiary/aromatic N) is 3. The van der Waals surface area contributed by atoms with E-state index in [1.807, 2.05) is 18.2 Å². The van der Waals surface area contributed by atoms with Crippen LogP contribution in [0.1, 0.15) is 17.0 Å². The zero-order chi connectivity index (χ0) is 23.4. The molecule has 2 aromatic carbocycles. The third-order valence-corrected chi connectivity index (χ3v) is 5.28. The van der Waals surface area contributed by atoms with Crippen LogP contribution in [0.2, 0.25) is 5.02 Å². The number of rotatable bonds is 6. The summed E-state index contributed by atoms with van der Waals surface area (Å²) in [5, 5.41) is 1.53. The summed E-state index contributed by atoms with van der Waals surface area (Å²) in [7, 11) is 4.08. The standard InChI is InChI=1S/C23H17ClFN4O2.HPS.Ti/c1-30-20-8-13(7-14-11-27-23-16(14)3-2-6-26-23)17(25)10-21(20)31-12-22-28-18-5-4-15(24)9-19(18)29-22;1-2;/h2-6,8-11H,7,12H2,1H3,(H-,26,27,28,29);1H;/q-1;;. The SMILES string of the molecule is COc1cc(Cc2c[n-]c3ncccc23)c(F)cc1OCc1nc2ccc(Cl)cc2[nH]1.P=S.[Ti]. The Morgan fingerprint density at radius 3 is 2.76 bits per heavy atom. The summed E-state index contributed by atoms with van der Waals surface area (Å²) in [6.45, 7) is 0.129. The Balaban J connectivity index is 0.00000105. The number of pyridine rings is 1. The zero-order valence-electron chi connectivity index (χ0n) is 17.9. The van der Waals surface area contributed by atoms with Gasteiger partial charge in [0.2, 0.25) is 0 Å². The normalized spacial score (nSPS) is 10.4. The van der Waals surface area contributed by atoms with Gasteiger partial charge >= 0.3 is 0 Å². The molecule has 1 N–H and O–H groups in total. The maximum atomic E-state index is 14.9. The van der Waals surface area contributed by atoms with E-state index >= 15 is 0 Å². The van der Waals surface area contributed by atoms with E-state index in [1.54, 1.807) is 30.6 Å². The Hall–Kier alpha value is -2.35. The predicted octanol–water partition coefficient (Wildman–Crippen LogP) is 5.63. The van der Waals surface area contributed by atoms with Crippen LogP contribution >= 0.6 is 19.6 Å². The van der Waals surface area contributed by atoms with E-state index in [9.17, 15) is 4.39 Å². The first-order chi connectivity index (χ1) is 16.1. The molecule has 0 aliphatic rings. The summed E-state index contributed by atoms with van der Waals surface area (Å²) >= 11 is 9.90. The van der Waals surface area contributed by atoms with Crippen LogP contribution in [0, 0.1) is 5.82 Å². The Morgan fingerprint density at radius 1 is 1.15 bits per heavy atom. The largest absolute Gasteiger partial charge is 0.493 e. The molecule has 3 heterocycles. The van der Waals surface area contributed by atoms with Gasteiger partial charge in [0.05, 0.1) is 18.1 Å². The number of fused-ring (bicyclic) bond motifs is 2. The molecule has 0 amide bonds. The second-order valence-corrected chi connectivity index (χ2v) is 7.50. The van der Waals surface area contributed by atoms with Crippen molar-refractivity contribution in [3.8, 4) is 11.5 Å². The maximum Gasteiger partial charge on any atom is 0.164 e. The van der Waals surface area contributed by atoms with Crippen molar-refractivity contribution in [3.63, 3.8) is 0 Å². The molecule has 34 heavy (non-hydrogen) atoms. The first kappa shape index (κ1) is 26.3. The summed E-state index contributed by atoms with van der Waals surface area (Å²) < 4.78 is 26.1. The molecule has 0 bridgehead atoms. The smallest absolute Gasteiger partial charge is 0.164 e. The Kier molecular flexibility index (Phi) is 9.17. The summed E-state index contributed by atoms with van der Waals surface area (Å²) in [5.41, 5.74) is 3.63. The molecule has 11 heteroatoms. The third kappa shape index (κ3) is 5.65. The molecule has 0 fully saturated rings. The number of halogens is 2. The number of hydrogen-bond acceptors (Lipinski definition) is 5. The first-order valence-electron chi connectivity index (χ1n) is 9.80. The van der Waals surface area contributed by atoms with E-state index < -0.39 is 0 Å². The number of aromatic amines is 1. The number of hydrogen-bond donors (Lipinski definition) is 1. The van der Waals surface area contributed by atoms with Crippen molar-refractivity contribution in [2.45, 2.75) is 13.0 Å². The van der Waals surface area contributed by atoms with Gasteiger partial charge in [0, 0.05) is 39.2 Å². The molecule has 0 unspecified atom stereocenters. The van der Waals surface area contributed by atoms with E-state index in [2.05, 4.69) is 39.8 Å². The molecule has 172 valence electrons. The van der Waals surface area contributed by atoms with Crippen molar-refractivity contribution in [2.75, 3.05) is 7.11 Å². The number of aromatic nitrogens is 4. The van der Waals surface area contributed by atoms with Gasteiger partial charge in [-0.15, -0.1) is 0 Å². The molecule has 0 aliphatic carbocycles. The summed E-state index contributed by atoms with van der Waals surface area (Å²) in [6, 6.07) is 12.1. The van der Waals surface area contributed by atoms with Gasteiger partial charge in [-0.1, -0.05) is 53.6 Å². The maximum absolute atomic E-state index is 14.9. The van der Waals surface area contributed by atoms with Crippen molar-refractivity contribution in [1.82, 2.24) is 19.9 Å². The second kappa shape index (κ2) is 11.9. The Labute approximate surface area is 222 Å². The van der Waals surface area contributed by atoms with E-state index in [4.69, 9.17) is 21.1 Å². The van der Waals surface area contributed by atoms with Crippen LogP contribution in [-0.2, 0) is 46.6 Å². The Morgan fingerprint density at radius 2 is 1.97 bits per heavy atom. The number of benzene rings is 2. The molecule has 3 aromatic heterocycles. The summed E-state index contributed by atoms with van der Waals surface area (Å²) in [4.78, 5) is 16.1. The number of H-pyrrole nitrogens is 1. The quantitative estimate of drug-likeness (QED) is 0.219. The summed E-state index contributed by atoms with van der Waals surface area (Å²) in [5.74, 6) is 0.961. The molecule has 5 rings (SSSR count). The molecular weight excluding hydrogens is 530 g/mol. The van der Waals surface area contributed by atoms with Gasteiger partial charge in [0.25, 0.3) is 0 Å². The minimum Gasteiger partial charge on any atom is -0.493 e. The van der Waals surface area contributed by atoms with Gasteiger partial charge < -0.3 is 24.4 Å². The number of ether oxygens (including phenoxy) is 2. The molecular formula is C23H18ClFN4O2PSTi-. The molecule has 0 aliphatic heterocycles. The van der Waals surface area contributed by atoms with Gasteiger partial charge in [-0.05, 0) is 48.8 Å². The molecule has 6 nitrogen and oxygen atoms in total. The van der Waals surface area contributed by atoms with Crippen molar-refractivity contribution in [2.24, 2.45) is 0 Å². The number of nitrogens with one attached hydrogen (secondary N) is 1. The second-order valence-electron chi connectivity index (χ2n) is 7.06. The number of methoxy groups -OCH3 is 1. The summed E-state index contributed by atoms with van der Waals surface area (Å²) in [6.07, 6.45) is 3.78. The molecule has 5 aromatic rings. The van der Waals surface area contributed by atoms with E-state index in [1.165, 1.54) is 13.2 Å². The van der Waals surface area contributed by atoms with Gasteiger partial charge in [-0.25, -0.2) is 9.37 Å². The van der Waals surface area contributed by atoms with Crippen molar-refractivity contribution in [1.29, 1.82) is 0 Å². The average molecular weight is 548 g/mol. The molecule has 0 atom stereocenters. The molecule has 0 saturated heterocycles. The van der Waals surface area contributed by atoms with Crippen LogP contribution in [0.5, 0.6) is 11.5 Å². The van der Waals surface area contributed by atoms with Crippen LogP contribution in [0.25, 0.3) is 22.1 Å². The van der Waals surface area contributed by atoms with Crippen LogP contribution in [-0.4, -0.2) is 22.1 Å². The minimum atomic E-state index is -0.384. The van der Waals surface area contributed by atoms with E-state index in [-0.39, 0.29) is 34.1 Å². The Bertz CT molecular complexity index is 1430. The van der Waals surface area contributed by atoms with Gasteiger partial charge in [-0.3, -0.25) is 0 Å². The first-order valence-corrected chi connectivity index (χ1v) is 11.8. The van der Waals surface area contributed by atoms with Crippen LogP contribution < -0.4 is 14.5 Å². The van der Waals surface area contributed by atoms with Crippen LogP contribution in [0.4, 0.5) is 4.39 Å². The average Bonchev–Trinajstić information content (AvgIpc) is 3.44. The van der Waals surface area contributed by atoms with E-state index in [0.29, 0.717) is 40.0 Å². The predicted molar refractivity (Wildman–Crippen MR) is 132 cm³/mol. The fraction of sp³-hybridized carbons (Fsp3) is 0.130. The van der Waals surface area contributed by atoms with Crippen molar-refractivity contribution < 1.29 is 35.6 Å². The van der Waals surface area contributed by atoms with Crippen LogP contribution in [0.15, 0.2) is 54.9 Å². The van der Waals surface area contributed by atoms with E-state index in [0.717, 1.165) is 22.0 Å². The zero-order valence-corrected chi connectivity index (χ0v) is 22.1. The van der Waals surface area contributed by atoms with Crippen molar-refractivity contribution in [3.05, 3.63) is 82.6 Å². The topological polar surface area (TPSA) is 74.1 Å². The van der Waals surface area contributed by atoms with Gasteiger partial charge in [0.15, 0.2) is 11.5 Å². The van der Waals surface area contributed by atoms with Crippen LogP contribution in [0.3, 0.4) is 0 Å². The third-order valence-electron chi connectivity index (χ3n) is 5.05. The van der Waals surface area contributed by atoms with Gasteiger partial charge in [-0.2, -0.15) is 0 Å². The number of imidazole rings is 1. The van der Waals surface area contributed by atoms with Gasteiger partial charge in [0.1, 0.15) is 18.2 Å². The monoisotopic (exact) mass is 547 g/mol. The van der Waals surface area contributed by atoms with Crippen molar-refractivity contribution >= 4 is 53.5 Å². The molecule has 0 radical (unpaired) electrons.